The molecule has 0 fully saturated rings. The van der Waals surface area contributed by atoms with Crippen molar-refractivity contribution in [3.05, 3.63) is 71.3 Å². The molecule has 0 spiro atoms. The number of fused-ring (bicyclic) bond motifs is 1. The molecule has 2 aromatic carbocycles. The number of nitrogens with one attached hydrogen (secondary N) is 2. The van der Waals surface area contributed by atoms with Crippen LogP contribution in [-0.4, -0.2) is 48.9 Å². The van der Waals surface area contributed by atoms with Crippen LogP contribution in [0.3, 0.4) is 0 Å². The molecule has 146 valence electrons. The lowest BCUT2D eigenvalue weighted by atomic mass is 10.0. The van der Waals surface area contributed by atoms with Gasteiger partial charge in [-0.1, -0.05) is 49.4 Å². The Hall–Kier alpha value is -3.15. The van der Waals surface area contributed by atoms with E-state index in [0.717, 1.165) is 6.54 Å². The van der Waals surface area contributed by atoms with Gasteiger partial charge in [-0.15, -0.1) is 0 Å². The fourth-order valence-corrected chi connectivity index (χ4v) is 3.19. The number of nitrogens with zero attached hydrogens (tertiary/aromatic N) is 2. The zero-order valence-electron chi connectivity index (χ0n) is 16.3. The van der Waals surface area contributed by atoms with Gasteiger partial charge in [-0.3, -0.25) is 19.5 Å². The SMILES string of the molecule is CCNC(=NCC(C)c1ccccc1)NCCN1C(=O)c2ccccc2C1=O. The van der Waals surface area contributed by atoms with Crippen LogP contribution < -0.4 is 10.6 Å². The van der Waals surface area contributed by atoms with Crippen LogP contribution in [0.15, 0.2) is 59.6 Å². The number of carbonyl (C=O) groups excluding carboxylic acids is 2. The molecule has 2 amide bonds. The van der Waals surface area contributed by atoms with Gasteiger partial charge in [0.1, 0.15) is 0 Å². The molecule has 6 nitrogen and oxygen atoms in total. The van der Waals surface area contributed by atoms with Gasteiger partial charge in [0.2, 0.25) is 0 Å². The van der Waals surface area contributed by atoms with E-state index in [4.69, 9.17) is 0 Å². The lowest BCUT2D eigenvalue weighted by Crippen LogP contribution is -2.43. The maximum Gasteiger partial charge on any atom is 0.261 e. The van der Waals surface area contributed by atoms with Crippen molar-refractivity contribution >= 4 is 17.8 Å². The van der Waals surface area contributed by atoms with Crippen molar-refractivity contribution in [1.29, 1.82) is 0 Å². The molecule has 6 heteroatoms. The Morgan fingerprint density at radius 1 is 0.964 bits per heavy atom. The van der Waals surface area contributed by atoms with Crippen molar-refractivity contribution in [2.24, 2.45) is 4.99 Å². The molecule has 28 heavy (non-hydrogen) atoms. The Balaban J connectivity index is 1.55. The topological polar surface area (TPSA) is 73.8 Å². The van der Waals surface area contributed by atoms with E-state index in [2.05, 4.69) is 34.7 Å². The highest BCUT2D eigenvalue weighted by molar-refractivity contribution is 6.21. The van der Waals surface area contributed by atoms with Gasteiger partial charge >= 0.3 is 0 Å². The summed E-state index contributed by atoms with van der Waals surface area (Å²) in [5.74, 6) is 0.513. The summed E-state index contributed by atoms with van der Waals surface area (Å²) in [4.78, 5) is 30.7. The summed E-state index contributed by atoms with van der Waals surface area (Å²) in [6, 6.07) is 17.2. The van der Waals surface area contributed by atoms with E-state index in [1.807, 2.05) is 25.1 Å². The van der Waals surface area contributed by atoms with E-state index in [-0.39, 0.29) is 11.8 Å². The second kappa shape index (κ2) is 9.17. The second-order valence-electron chi connectivity index (χ2n) is 6.77. The van der Waals surface area contributed by atoms with Crippen molar-refractivity contribution in [2.45, 2.75) is 19.8 Å². The van der Waals surface area contributed by atoms with Gasteiger partial charge < -0.3 is 10.6 Å². The maximum atomic E-state index is 12.4. The standard InChI is InChI=1S/C22H26N4O2/c1-3-23-22(25-15-16(2)17-9-5-4-6-10-17)24-13-14-26-20(27)18-11-7-8-12-19(18)21(26)28/h4-12,16H,3,13-15H2,1-2H3,(H2,23,24,25). The first-order chi connectivity index (χ1) is 13.6. The highest BCUT2D eigenvalue weighted by Crippen LogP contribution is 2.21. The molecule has 1 aliphatic heterocycles. The fraction of sp³-hybridized carbons (Fsp3) is 0.318. The first-order valence-electron chi connectivity index (χ1n) is 9.64. The molecule has 0 aromatic heterocycles. The zero-order valence-corrected chi connectivity index (χ0v) is 16.3. The number of guanidine groups is 1. The number of carbonyl (C=O) groups is 2. The van der Waals surface area contributed by atoms with Gasteiger partial charge in [0, 0.05) is 32.1 Å². The molecule has 1 aliphatic rings. The zero-order chi connectivity index (χ0) is 19.9. The van der Waals surface area contributed by atoms with Crippen LogP contribution in [0.2, 0.25) is 0 Å². The molecular weight excluding hydrogens is 352 g/mol. The highest BCUT2D eigenvalue weighted by Gasteiger charge is 2.34. The number of benzene rings is 2. The second-order valence-corrected chi connectivity index (χ2v) is 6.77. The number of imide groups is 1. The number of hydrogen-bond acceptors (Lipinski definition) is 3. The molecule has 1 heterocycles. The fourth-order valence-electron chi connectivity index (χ4n) is 3.19. The first kappa shape index (κ1) is 19.6. The molecule has 1 atom stereocenters. The largest absolute Gasteiger partial charge is 0.357 e. The molecule has 0 radical (unpaired) electrons. The van der Waals surface area contributed by atoms with Crippen LogP contribution in [0.4, 0.5) is 0 Å². The van der Waals surface area contributed by atoms with Crippen molar-refractivity contribution in [2.75, 3.05) is 26.2 Å². The Labute approximate surface area is 165 Å². The minimum Gasteiger partial charge on any atom is -0.357 e. The van der Waals surface area contributed by atoms with Crippen LogP contribution in [0.1, 0.15) is 46.0 Å². The third kappa shape index (κ3) is 4.39. The number of amides is 2. The smallest absolute Gasteiger partial charge is 0.261 e. The Morgan fingerprint density at radius 2 is 1.57 bits per heavy atom. The van der Waals surface area contributed by atoms with Gasteiger partial charge in [-0.05, 0) is 24.6 Å². The summed E-state index contributed by atoms with van der Waals surface area (Å²) < 4.78 is 0. The molecule has 0 saturated heterocycles. The van der Waals surface area contributed by atoms with Gasteiger partial charge in [0.05, 0.1) is 11.1 Å². The van der Waals surface area contributed by atoms with Crippen molar-refractivity contribution < 1.29 is 9.59 Å². The molecule has 0 aliphatic carbocycles. The monoisotopic (exact) mass is 378 g/mol. The van der Waals surface area contributed by atoms with Gasteiger partial charge in [-0.2, -0.15) is 0 Å². The quantitative estimate of drug-likeness (QED) is 0.441. The highest BCUT2D eigenvalue weighted by atomic mass is 16.2. The predicted octanol–water partition coefficient (Wildman–Crippen LogP) is 2.64. The Kier molecular flexibility index (Phi) is 6.42. The normalized spacial score (nSPS) is 14.8. The summed E-state index contributed by atoms with van der Waals surface area (Å²) in [6.45, 7) is 6.26. The predicted molar refractivity (Wildman–Crippen MR) is 111 cm³/mol. The molecule has 0 saturated carbocycles. The minimum atomic E-state index is -0.234. The average molecular weight is 378 g/mol. The van der Waals surface area contributed by atoms with E-state index < -0.39 is 0 Å². The van der Waals surface area contributed by atoms with Gasteiger partial charge in [0.15, 0.2) is 5.96 Å². The summed E-state index contributed by atoms with van der Waals surface area (Å²) in [6.07, 6.45) is 0. The van der Waals surface area contributed by atoms with Crippen LogP contribution in [0.25, 0.3) is 0 Å². The van der Waals surface area contributed by atoms with E-state index in [1.54, 1.807) is 24.3 Å². The number of aliphatic imine (C=N–C) groups is 1. The summed E-state index contributed by atoms with van der Waals surface area (Å²) in [5, 5.41) is 6.42. The van der Waals surface area contributed by atoms with E-state index >= 15 is 0 Å². The van der Waals surface area contributed by atoms with E-state index in [9.17, 15) is 9.59 Å². The Morgan fingerprint density at radius 3 is 2.18 bits per heavy atom. The molecule has 0 bridgehead atoms. The molecule has 1 unspecified atom stereocenters. The molecular formula is C22H26N4O2. The van der Waals surface area contributed by atoms with Crippen LogP contribution in [0, 0.1) is 0 Å². The third-order valence-electron chi connectivity index (χ3n) is 4.74. The molecule has 2 N–H and O–H groups in total. The summed E-state index contributed by atoms with van der Waals surface area (Å²) in [5.41, 5.74) is 2.20. The first-order valence-corrected chi connectivity index (χ1v) is 9.64. The third-order valence-corrected chi connectivity index (χ3v) is 4.74. The summed E-state index contributed by atoms with van der Waals surface area (Å²) in [7, 11) is 0. The van der Waals surface area contributed by atoms with Crippen LogP contribution in [0.5, 0.6) is 0 Å². The van der Waals surface area contributed by atoms with Crippen LogP contribution in [-0.2, 0) is 0 Å². The van der Waals surface area contributed by atoms with Crippen LogP contribution >= 0.6 is 0 Å². The molecule has 2 aromatic rings. The number of rotatable bonds is 7. The van der Waals surface area contributed by atoms with Crippen molar-refractivity contribution in [3.8, 4) is 0 Å². The van der Waals surface area contributed by atoms with Crippen molar-refractivity contribution in [3.63, 3.8) is 0 Å². The van der Waals surface area contributed by atoms with Crippen molar-refractivity contribution in [1.82, 2.24) is 15.5 Å². The lowest BCUT2D eigenvalue weighted by Gasteiger charge is -2.17. The van der Waals surface area contributed by atoms with Gasteiger partial charge in [0.25, 0.3) is 11.8 Å². The lowest BCUT2D eigenvalue weighted by molar-refractivity contribution is 0.0657. The van der Waals surface area contributed by atoms with Gasteiger partial charge in [-0.25, -0.2) is 0 Å². The average Bonchev–Trinajstić information content (AvgIpc) is 2.97. The summed E-state index contributed by atoms with van der Waals surface area (Å²) >= 11 is 0. The molecule has 3 rings (SSSR count). The Bertz CT molecular complexity index is 829. The minimum absolute atomic E-state index is 0.234. The maximum absolute atomic E-state index is 12.4. The van der Waals surface area contributed by atoms with E-state index in [0.29, 0.717) is 42.6 Å². The number of hydrogen-bond donors (Lipinski definition) is 2. The van der Waals surface area contributed by atoms with E-state index in [1.165, 1.54) is 10.5 Å².